The number of methoxy groups -OCH3 is 1. The fourth-order valence-electron chi connectivity index (χ4n) is 2.82. The molecule has 0 spiro atoms. The molecule has 3 aromatic rings. The highest BCUT2D eigenvalue weighted by molar-refractivity contribution is 6.05. The van der Waals surface area contributed by atoms with Crippen LogP contribution >= 0.6 is 0 Å². The second kappa shape index (κ2) is 7.40. The number of hydrogen-bond donors (Lipinski definition) is 3. The van der Waals surface area contributed by atoms with Crippen molar-refractivity contribution >= 4 is 22.8 Å². The Morgan fingerprint density at radius 3 is 2.64 bits per heavy atom. The van der Waals surface area contributed by atoms with Crippen LogP contribution in [0.25, 0.3) is 10.9 Å². The summed E-state index contributed by atoms with van der Waals surface area (Å²) in [6, 6.07) is 8.88. The van der Waals surface area contributed by atoms with E-state index in [1.807, 2.05) is 13.0 Å². The van der Waals surface area contributed by atoms with Gasteiger partial charge in [-0.2, -0.15) is 0 Å². The van der Waals surface area contributed by atoms with E-state index in [-0.39, 0.29) is 18.2 Å². The van der Waals surface area contributed by atoms with Gasteiger partial charge < -0.3 is 20.9 Å². The van der Waals surface area contributed by atoms with Crippen LogP contribution in [0, 0.1) is 6.92 Å². The van der Waals surface area contributed by atoms with E-state index in [0.717, 1.165) is 5.56 Å². The smallest absolute Gasteiger partial charge is 0.271 e. The molecule has 1 aromatic carbocycles. The Balaban J connectivity index is 1.91. The minimum Gasteiger partial charge on any atom is -0.494 e. The third-order valence-corrected chi connectivity index (χ3v) is 4.39. The Morgan fingerprint density at radius 1 is 1.21 bits per heavy atom. The summed E-state index contributed by atoms with van der Waals surface area (Å²) in [7, 11) is 1.52. The molecule has 0 saturated carbocycles. The van der Waals surface area contributed by atoms with Crippen LogP contribution in [-0.2, 0) is 12.1 Å². The molecule has 0 aliphatic heterocycles. The predicted octanol–water partition coefficient (Wildman–Crippen LogP) is 2.08. The van der Waals surface area contributed by atoms with Gasteiger partial charge in [-0.25, -0.2) is 9.97 Å². The Labute approximate surface area is 162 Å². The van der Waals surface area contributed by atoms with Gasteiger partial charge in [0.15, 0.2) is 0 Å². The second-order valence-corrected chi connectivity index (χ2v) is 6.99. The number of fused-ring (bicyclic) bond motifs is 1. The number of para-hydroxylation sites is 1. The molecule has 0 unspecified atom stereocenters. The van der Waals surface area contributed by atoms with Crippen molar-refractivity contribution in [3.63, 3.8) is 0 Å². The molecule has 0 radical (unpaired) electrons. The van der Waals surface area contributed by atoms with E-state index in [2.05, 4.69) is 20.3 Å². The third-order valence-electron chi connectivity index (χ3n) is 4.39. The van der Waals surface area contributed by atoms with Crippen molar-refractivity contribution in [1.29, 1.82) is 0 Å². The van der Waals surface area contributed by atoms with Gasteiger partial charge in [-0.3, -0.25) is 9.78 Å². The zero-order chi connectivity index (χ0) is 20.5. The first-order valence-corrected chi connectivity index (χ1v) is 8.78. The van der Waals surface area contributed by atoms with Gasteiger partial charge >= 0.3 is 0 Å². The molecule has 8 heteroatoms. The first-order chi connectivity index (χ1) is 13.2. The molecule has 2 heterocycles. The molecule has 28 heavy (non-hydrogen) atoms. The quantitative estimate of drug-likeness (QED) is 0.618. The summed E-state index contributed by atoms with van der Waals surface area (Å²) < 4.78 is 5.30. The summed E-state index contributed by atoms with van der Waals surface area (Å²) in [6.45, 7) is 5.40. The summed E-state index contributed by atoms with van der Waals surface area (Å²) in [4.78, 5) is 25.6. The minimum absolute atomic E-state index is 0.0134. The summed E-state index contributed by atoms with van der Waals surface area (Å²) in [6.07, 6.45) is 0. The van der Waals surface area contributed by atoms with E-state index >= 15 is 0 Å². The fraction of sp³-hybridized carbons (Fsp3) is 0.300. The Bertz CT molecular complexity index is 1040. The number of nitrogens with one attached hydrogen (secondary N) is 1. The van der Waals surface area contributed by atoms with Crippen molar-refractivity contribution in [2.45, 2.75) is 32.9 Å². The number of ether oxygens (including phenoxy) is 1. The number of benzene rings is 1. The number of aryl methyl sites for hydroxylation is 1. The number of aliphatic hydroxyl groups is 1. The van der Waals surface area contributed by atoms with E-state index in [1.54, 1.807) is 38.1 Å². The van der Waals surface area contributed by atoms with Crippen LogP contribution in [0.15, 0.2) is 30.3 Å². The maximum absolute atomic E-state index is 12.8. The van der Waals surface area contributed by atoms with E-state index in [0.29, 0.717) is 28.0 Å². The molecule has 8 nitrogen and oxygen atoms in total. The highest BCUT2D eigenvalue weighted by atomic mass is 16.5. The lowest BCUT2D eigenvalue weighted by Gasteiger charge is -2.18. The van der Waals surface area contributed by atoms with Crippen molar-refractivity contribution in [3.8, 4) is 5.75 Å². The SMILES string of the molecule is COc1cccc2c(C(=O)NCc3nc(C(C)(C)O)ccc3C)nc(N)nc12. The summed E-state index contributed by atoms with van der Waals surface area (Å²) in [5.74, 6) is 0.0961. The Hall–Kier alpha value is -3.26. The minimum atomic E-state index is -1.07. The molecule has 0 aliphatic rings. The molecule has 0 aliphatic carbocycles. The number of nitrogen functional groups attached to an aromatic ring is 1. The van der Waals surface area contributed by atoms with E-state index < -0.39 is 11.5 Å². The van der Waals surface area contributed by atoms with Gasteiger partial charge in [0.1, 0.15) is 22.6 Å². The number of rotatable bonds is 5. The highest BCUT2D eigenvalue weighted by Crippen LogP contribution is 2.26. The van der Waals surface area contributed by atoms with Crippen LogP contribution in [0.3, 0.4) is 0 Å². The van der Waals surface area contributed by atoms with E-state index in [9.17, 15) is 9.90 Å². The zero-order valence-electron chi connectivity index (χ0n) is 16.3. The Morgan fingerprint density at radius 2 is 1.96 bits per heavy atom. The number of carbonyl (C=O) groups excluding carboxylic acids is 1. The maximum Gasteiger partial charge on any atom is 0.271 e. The molecule has 1 amide bonds. The summed E-state index contributed by atoms with van der Waals surface area (Å²) in [5, 5.41) is 13.5. The molecule has 0 saturated heterocycles. The zero-order valence-corrected chi connectivity index (χ0v) is 16.3. The van der Waals surface area contributed by atoms with Crippen molar-refractivity contribution in [2.24, 2.45) is 0 Å². The van der Waals surface area contributed by atoms with Gasteiger partial charge in [0.25, 0.3) is 5.91 Å². The molecular formula is C20H23N5O3. The molecule has 146 valence electrons. The average Bonchev–Trinajstić information content (AvgIpc) is 2.65. The lowest BCUT2D eigenvalue weighted by atomic mass is 10.0. The predicted molar refractivity (Wildman–Crippen MR) is 106 cm³/mol. The first-order valence-electron chi connectivity index (χ1n) is 8.78. The molecule has 4 N–H and O–H groups in total. The van der Waals surface area contributed by atoms with Crippen molar-refractivity contribution in [1.82, 2.24) is 20.3 Å². The van der Waals surface area contributed by atoms with E-state index in [1.165, 1.54) is 7.11 Å². The maximum atomic E-state index is 12.8. The lowest BCUT2D eigenvalue weighted by molar-refractivity contribution is 0.0736. The average molecular weight is 381 g/mol. The van der Waals surface area contributed by atoms with Crippen molar-refractivity contribution < 1.29 is 14.6 Å². The molecular weight excluding hydrogens is 358 g/mol. The van der Waals surface area contributed by atoms with Gasteiger partial charge in [-0.15, -0.1) is 0 Å². The van der Waals surface area contributed by atoms with Crippen LogP contribution in [0.4, 0.5) is 5.95 Å². The summed E-state index contributed by atoms with van der Waals surface area (Å²) >= 11 is 0. The molecule has 0 atom stereocenters. The number of amides is 1. The largest absolute Gasteiger partial charge is 0.494 e. The standard InChI is InChI=1S/C20H23N5O3/c1-11-8-9-15(20(2,3)27)23-13(11)10-22-18(26)17-12-6-5-7-14(28-4)16(12)24-19(21)25-17/h5-9,27H,10H2,1-4H3,(H,22,26)(H2,21,24,25). The van der Waals surface area contributed by atoms with Crippen LogP contribution in [0.1, 0.15) is 41.3 Å². The van der Waals surface area contributed by atoms with Crippen molar-refractivity contribution in [2.75, 3.05) is 12.8 Å². The van der Waals surface area contributed by atoms with Crippen LogP contribution in [-0.4, -0.2) is 33.1 Å². The molecule has 0 fully saturated rings. The van der Waals surface area contributed by atoms with Gasteiger partial charge in [0.05, 0.1) is 25.0 Å². The van der Waals surface area contributed by atoms with E-state index in [4.69, 9.17) is 10.5 Å². The van der Waals surface area contributed by atoms with Crippen LogP contribution in [0.5, 0.6) is 5.75 Å². The second-order valence-electron chi connectivity index (χ2n) is 6.99. The number of nitrogens with two attached hydrogens (primary N) is 1. The first kappa shape index (κ1) is 19.5. The van der Waals surface area contributed by atoms with Crippen LogP contribution < -0.4 is 15.8 Å². The number of hydrogen-bond acceptors (Lipinski definition) is 7. The number of carbonyl (C=O) groups is 1. The number of aromatic nitrogens is 3. The van der Waals surface area contributed by atoms with Crippen LogP contribution in [0.2, 0.25) is 0 Å². The lowest BCUT2D eigenvalue weighted by Crippen LogP contribution is -2.26. The number of nitrogens with zero attached hydrogens (tertiary/aromatic N) is 3. The fourth-order valence-corrected chi connectivity index (χ4v) is 2.82. The van der Waals surface area contributed by atoms with Gasteiger partial charge in [-0.05, 0) is 38.5 Å². The summed E-state index contributed by atoms with van der Waals surface area (Å²) in [5.41, 5.74) is 7.46. The van der Waals surface area contributed by atoms with Crippen molar-refractivity contribution in [3.05, 3.63) is 53.0 Å². The topological polar surface area (TPSA) is 123 Å². The number of anilines is 1. The Kier molecular flexibility index (Phi) is 5.15. The third kappa shape index (κ3) is 3.86. The van der Waals surface area contributed by atoms with Gasteiger partial charge in [0, 0.05) is 5.39 Å². The highest BCUT2D eigenvalue weighted by Gasteiger charge is 2.20. The van der Waals surface area contributed by atoms with Gasteiger partial charge in [-0.1, -0.05) is 18.2 Å². The molecule has 3 rings (SSSR count). The monoisotopic (exact) mass is 381 g/mol. The number of pyridine rings is 1. The molecule has 0 bridgehead atoms. The molecule has 2 aromatic heterocycles. The normalized spacial score (nSPS) is 11.5. The van der Waals surface area contributed by atoms with Gasteiger partial charge in [0.2, 0.25) is 5.95 Å².